The van der Waals surface area contributed by atoms with Gasteiger partial charge in [0, 0.05) is 18.0 Å². The maximum absolute atomic E-state index is 12.1. The van der Waals surface area contributed by atoms with Gasteiger partial charge in [-0.2, -0.15) is 5.26 Å². The number of aromatic nitrogens is 1. The van der Waals surface area contributed by atoms with Crippen LogP contribution in [0.15, 0.2) is 48.8 Å². The van der Waals surface area contributed by atoms with Gasteiger partial charge >= 0.3 is 0 Å². The predicted molar refractivity (Wildman–Crippen MR) is 71.3 cm³/mol. The van der Waals surface area contributed by atoms with Crippen molar-refractivity contribution in [2.75, 3.05) is 0 Å². The van der Waals surface area contributed by atoms with Crippen molar-refractivity contribution in [3.05, 3.63) is 65.5 Å². The normalized spacial score (nSPS) is 11.4. The molecule has 1 unspecified atom stereocenters. The van der Waals surface area contributed by atoms with Crippen LogP contribution < -0.4 is 5.32 Å². The van der Waals surface area contributed by atoms with E-state index in [4.69, 9.17) is 5.26 Å². The predicted octanol–water partition coefficient (Wildman–Crippen LogP) is 2.44. The van der Waals surface area contributed by atoms with Gasteiger partial charge in [0.1, 0.15) is 0 Å². The fourth-order valence-electron chi connectivity index (χ4n) is 1.75. The van der Waals surface area contributed by atoms with E-state index < -0.39 is 0 Å². The molecule has 0 saturated heterocycles. The number of carbonyl (C=O) groups is 1. The van der Waals surface area contributed by atoms with Crippen LogP contribution in [0.1, 0.15) is 34.5 Å². The average molecular weight is 251 g/mol. The standard InChI is InChI=1S/C15H13N3O/c1-11(13-5-7-17-8-6-13)18-15(19)14-4-2-3-12(9-14)10-16/h2-9,11H,1H3,(H,18,19). The zero-order chi connectivity index (χ0) is 13.7. The average Bonchev–Trinajstić information content (AvgIpc) is 2.48. The van der Waals surface area contributed by atoms with E-state index in [0.29, 0.717) is 11.1 Å². The van der Waals surface area contributed by atoms with Gasteiger partial charge < -0.3 is 5.32 Å². The van der Waals surface area contributed by atoms with Crippen LogP contribution in [0.5, 0.6) is 0 Å². The first-order chi connectivity index (χ1) is 9.20. The van der Waals surface area contributed by atoms with Crippen LogP contribution in [0, 0.1) is 11.3 Å². The number of hydrogen-bond acceptors (Lipinski definition) is 3. The molecule has 4 heteroatoms. The molecule has 1 aromatic carbocycles. The second kappa shape index (κ2) is 5.78. The molecule has 2 rings (SSSR count). The molecule has 0 aliphatic carbocycles. The van der Waals surface area contributed by atoms with Gasteiger partial charge in [-0.3, -0.25) is 9.78 Å². The molecule has 1 heterocycles. The molecular formula is C15H13N3O. The van der Waals surface area contributed by atoms with E-state index in [1.165, 1.54) is 0 Å². The minimum Gasteiger partial charge on any atom is -0.346 e. The monoisotopic (exact) mass is 251 g/mol. The number of hydrogen-bond donors (Lipinski definition) is 1. The Hall–Kier alpha value is -2.67. The van der Waals surface area contributed by atoms with Gasteiger partial charge in [0.15, 0.2) is 0 Å². The van der Waals surface area contributed by atoms with Gasteiger partial charge in [-0.25, -0.2) is 0 Å². The van der Waals surface area contributed by atoms with Gasteiger partial charge in [0.05, 0.1) is 17.7 Å². The van der Waals surface area contributed by atoms with Crippen molar-refractivity contribution >= 4 is 5.91 Å². The molecule has 1 aromatic heterocycles. The fourth-order valence-corrected chi connectivity index (χ4v) is 1.75. The van der Waals surface area contributed by atoms with E-state index in [1.807, 2.05) is 25.1 Å². The van der Waals surface area contributed by atoms with Crippen LogP contribution in [0.2, 0.25) is 0 Å². The molecule has 0 bridgehead atoms. The van der Waals surface area contributed by atoms with Gasteiger partial charge in [-0.1, -0.05) is 6.07 Å². The van der Waals surface area contributed by atoms with Crippen LogP contribution >= 0.6 is 0 Å². The third-order valence-electron chi connectivity index (χ3n) is 2.81. The number of nitrogens with zero attached hydrogens (tertiary/aromatic N) is 2. The lowest BCUT2D eigenvalue weighted by Crippen LogP contribution is -2.26. The summed E-state index contributed by atoms with van der Waals surface area (Å²) >= 11 is 0. The van der Waals surface area contributed by atoms with Gasteiger partial charge in [-0.05, 0) is 42.8 Å². The SMILES string of the molecule is CC(NC(=O)c1cccc(C#N)c1)c1ccncc1. The Kier molecular flexibility index (Phi) is 3.89. The van der Waals surface area contributed by atoms with Crippen LogP contribution in [0.25, 0.3) is 0 Å². The lowest BCUT2D eigenvalue weighted by atomic mass is 10.1. The fraction of sp³-hybridized carbons (Fsp3) is 0.133. The first-order valence-electron chi connectivity index (χ1n) is 5.91. The Balaban J connectivity index is 2.11. The third kappa shape index (κ3) is 3.17. The number of pyridine rings is 1. The van der Waals surface area contributed by atoms with Crippen molar-refractivity contribution < 1.29 is 4.79 Å². The zero-order valence-corrected chi connectivity index (χ0v) is 10.5. The smallest absolute Gasteiger partial charge is 0.251 e. The molecule has 0 fully saturated rings. The molecule has 1 N–H and O–H groups in total. The Labute approximate surface area is 111 Å². The van der Waals surface area contributed by atoms with Crippen molar-refractivity contribution in [3.63, 3.8) is 0 Å². The van der Waals surface area contributed by atoms with Crippen molar-refractivity contribution in [3.8, 4) is 6.07 Å². The second-order valence-electron chi connectivity index (χ2n) is 4.17. The number of nitrogens with one attached hydrogen (secondary N) is 1. The quantitative estimate of drug-likeness (QED) is 0.911. The Bertz CT molecular complexity index is 617. The molecule has 0 spiro atoms. The molecule has 2 aromatic rings. The number of benzene rings is 1. The zero-order valence-electron chi connectivity index (χ0n) is 10.5. The van der Waals surface area contributed by atoms with Crippen LogP contribution in [-0.4, -0.2) is 10.9 Å². The summed E-state index contributed by atoms with van der Waals surface area (Å²) in [4.78, 5) is 16.0. The number of rotatable bonds is 3. The van der Waals surface area contributed by atoms with E-state index in [2.05, 4.69) is 10.3 Å². The summed E-state index contributed by atoms with van der Waals surface area (Å²) in [5, 5.41) is 11.7. The lowest BCUT2D eigenvalue weighted by Gasteiger charge is -2.14. The van der Waals surface area contributed by atoms with E-state index in [-0.39, 0.29) is 11.9 Å². The van der Waals surface area contributed by atoms with E-state index in [9.17, 15) is 4.79 Å². The highest BCUT2D eigenvalue weighted by molar-refractivity contribution is 5.94. The summed E-state index contributed by atoms with van der Waals surface area (Å²) in [5.41, 5.74) is 1.95. The molecule has 4 nitrogen and oxygen atoms in total. The van der Waals surface area contributed by atoms with Crippen molar-refractivity contribution in [1.82, 2.24) is 10.3 Å². The highest BCUT2D eigenvalue weighted by Gasteiger charge is 2.11. The van der Waals surface area contributed by atoms with Crippen LogP contribution in [0.3, 0.4) is 0 Å². The summed E-state index contributed by atoms with van der Waals surface area (Å²) in [7, 11) is 0. The van der Waals surface area contributed by atoms with Crippen LogP contribution in [0.4, 0.5) is 0 Å². The third-order valence-corrected chi connectivity index (χ3v) is 2.81. The summed E-state index contributed by atoms with van der Waals surface area (Å²) in [6.07, 6.45) is 3.38. The largest absolute Gasteiger partial charge is 0.346 e. The Morgan fingerprint density at radius 1 is 1.32 bits per heavy atom. The molecule has 0 radical (unpaired) electrons. The van der Waals surface area contributed by atoms with Crippen molar-refractivity contribution in [2.45, 2.75) is 13.0 Å². The van der Waals surface area contributed by atoms with Crippen molar-refractivity contribution in [1.29, 1.82) is 5.26 Å². The number of nitriles is 1. The number of amides is 1. The summed E-state index contributed by atoms with van der Waals surface area (Å²) in [6.45, 7) is 1.90. The molecule has 94 valence electrons. The number of carbonyl (C=O) groups excluding carboxylic acids is 1. The lowest BCUT2D eigenvalue weighted by molar-refractivity contribution is 0.0940. The van der Waals surface area contributed by atoms with E-state index in [1.54, 1.807) is 36.7 Å². The minimum atomic E-state index is -0.193. The highest BCUT2D eigenvalue weighted by atomic mass is 16.1. The molecule has 1 atom stereocenters. The summed E-state index contributed by atoms with van der Waals surface area (Å²) in [6, 6.07) is 12.3. The highest BCUT2D eigenvalue weighted by Crippen LogP contribution is 2.12. The van der Waals surface area contributed by atoms with Crippen molar-refractivity contribution in [2.24, 2.45) is 0 Å². The van der Waals surface area contributed by atoms with Gasteiger partial charge in [0.25, 0.3) is 5.91 Å². The van der Waals surface area contributed by atoms with E-state index in [0.717, 1.165) is 5.56 Å². The maximum atomic E-state index is 12.1. The topological polar surface area (TPSA) is 65.8 Å². The Morgan fingerprint density at radius 2 is 2.05 bits per heavy atom. The van der Waals surface area contributed by atoms with Gasteiger partial charge in [0.2, 0.25) is 0 Å². The first kappa shape index (κ1) is 12.8. The first-order valence-corrected chi connectivity index (χ1v) is 5.91. The second-order valence-corrected chi connectivity index (χ2v) is 4.17. The van der Waals surface area contributed by atoms with Crippen LogP contribution in [-0.2, 0) is 0 Å². The summed E-state index contributed by atoms with van der Waals surface area (Å²) < 4.78 is 0. The Morgan fingerprint density at radius 3 is 2.74 bits per heavy atom. The van der Waals surface area contributed by atoms with Gasteiger partial charge in [-0.15, -0.1) is 0 Å². The minimum absolute atomic E-state index is 0.110. The molecule has 0 aliphatic rings. The van der Waals surface area contributed by atoms with E-state index >= 15 is 0 Å². The molecular weight excluding hydrogens is 238 g/mol. The molecule has 19 heavy (non-hydrogen) atoms. The maximum Gasteiger partial charge on any atom is 0.251 e. The molecule has 0 aliphatic heterocycles. The molecule has 0 saturated carbocycles. The summed E-state index contributed by atoms with van der Waals surface area (Å²) in [5.74, 6) is -0.193. The molecule has 1 amide bonds.